The Balaban J connectivity index is 2.51. The summed E-state index contributed by atoms with van der Waals surface area (Å²) in [5.41, 5.74) is 0.415. The number of ether oxygens (including phenoxy) is 1. The number of nitrogens with one attached hydrogen (secondary N) is 2. The molecule has 6 nitrogen and oxygen atoms in total. The summed E-state index contributed by atoms with van der Waals surface area (Å²) in [4.78, 5) is 29.7. The van der Waals surface area contributed by atoms with Crippen LogP contribution in [-0.2, 0) is 9.53 Å². The van der Waals surface area contributed by atoms with Gasteiger partial charge in [-0.15, -0.1) is 11.3 Å². The molecule has 2 N–H and O–H groups in total. The van der Waals surface area contributed by atoms with Gasteiger partial charge >= 0.3 is 6.09 Å². The highest BCUT2D eigenvalue weighted by Gasteiger charge is 2.27. The summed E-state index contributed by atoms with van der Waals surface area (Å²) < 4.78 is 81.6. The molecule has 2 rings (SSSR count). The number of thiazole rings is 1. The number of hydrogen-bond acceptors (Lipinski definition) is 5. The van der Waals surface area contributed by atoms with Gasteiger partial charge in [0.05, 0.1) is 23.7 Å². The zero-order valence-corrected chi connectivity index (χ0v) is 15.2. The second-order valence-electron chi connectivity index (χ2n) is 5.69. The fourth-order valence-electron chi connectivity index (χ4n) is 2.01. The maximum atomic E-state index is 13.5. The molecule has 0 saturated heterocycles. The van der Waals surface area contributed by atoms with Gasteiger partial charge in [-0.1, -0.05) is 13.7 Å². The fourth-order valence-corrected chi connectivity index (χ4v) is 3.01. The number of benzene rings is 1. The molecule has 0 radical (unpaired) electrons. The molecule has 8 heteroatoms. The van der Waals surface area contributed by atoms with Crippen LogP contribution in [0.15, 0.2) is 18.2 Å². The van der Waals surface area contributed by atoms with Crippen molar-refractivity contribution < 1.29 is 29.7 Å². The molecule has 1 aromatic carbocycles. The van der Waals surface area contributed by atoms with Crippen LogP contribution in [0, 0.1) is 11.7 Å². The molecule has 2 atom stereocenters. The molecule has 1 aromatic heterocycles. The molecular formula is C18H24FN3O3S. The number of nitrogens with zero attached hydrogens (tertiary/aromatic N) is 1. The van der Waals surface area contributed by atoms with E-state index in [4.69, 9.17) is 15.7 Å². The minimum atomic E-state index is -3.79. The molecule has 1 unspecified atom stereocenters. The van der Waals surface area contributed by atoms with Gasteiger partial charge in [-0.05, 0) is 44.9 Å². The predicted octanol–water partition coefficient (Wildman–Crippen LogP) is 3.77. The summed E-state index contributed by atoms with van der Waals surface area (Å²) in [7, 11) is 0. The van der Waals surface area contributed by atoms with Crippen LogP contribution in [0.2, 0.25) is 0 Å². The number of fused-ring (bicyclic) bond motifs is 1. The Morgan fingerprint density at radius 2 is 2.04 bits per heavy atom. The van der Waals surface area contributed by atoms with Crippen molar-refractivity contribution in [2.45, 2.75) is 52.6 Å². The van der Waals surface area contributed by atoms with Crippen LogP contribution in [0.3, 0.4) is 0 Å². The third kappa shape index (κ3) is 5.14. The summed E-state index contributed by atoms with van der Waals surface area (Å²) in [5.74, 6) is -5.87. The maximum absolute atomic E-state index is 13.5. The number of alkyl carbamates (subject to hydrolysis) is 1. The molecule has 0 saturated carbocycles. The Hall–Kier alpha value is -2.22. The van der Waals surface area contributed by atoms with Gasteiger partial charge in [0.25, 0.3) is 0 Å². The van der Waals surface area contributed by atoms with Gasteiger partial charge in [0, 0.05) is 9.60 Å². The Kier molecular flexibility index (Phi) is 3.73. The summed E-state index contributed by atoms with van der Waals surface area (Å²) in [6, 6.07) is -0.725. The number of hydrogen-bond donors (Lipinski definition) is 2. The number of rotatable bonds is 6. The molecule has 26 heavy (non-hydrogen) atoms. The molecule has 0 fully saturated rings. The van der Waals surface area contributed by atoms with Crippen molar-refractivity contribution in [2.24, 2.45) is 5.89 Å². The average molecular weight is 390 g/mol. The van der Waals surface area contributed by atoms with E-state index in [1.807, 2.05) is 0 Å². The third-order valence-corrected chi connectivity index (χ3v) is 4.33. The van der Waals surface area contributed by atoms with Crippen LogP contribution < -0.4 is 10.6 Å². The quantitative estimate of drug-likeness (QED) is 0.788. The average Bonchev–Trinajstić information content (AvgIpc) is 3.07. The maximum Gasteiger partial charge on any atom is 0.408 e. The lowest BCUT2D eigenvalue weighted by molar-refractivity contribution is -0.124. The first-order valence-electron chi connectivity index (χ1n) is 11.7. The lowest BCUT2D eigenvalue weighted by Gasteiger charge is -2.23. The fraction of sp³-hybridized carbons (Fsp3) is 0.500. The van der Waals surface area contributed by atoms with Crippen molar-refractivity contribution in [1.82, 2.24) is 15.6 Å². The topological polar surface area (TPSA) is 80.3 Å². The van der Waals surface area contributed by atoms with Gasteiger partial charge in [-0.2, -0.15) is 0 Å². The lowest BCUT2D eigenvalue weighted by atomic mass is 10.0. The zero-order valence-electron chi connectivity index (χ0n) is 22.3. The molecule has 0 bridgehead atoms. The summed E-state index contributed by atoms with van der Waals surface area (Å²) in [6.45, 7) is -3.14. The van der Waals surface area contributed by atoms with Gasteiger partial charge in [0.2, 0.25) is 5.91 Å². The van der Waals surface area contributed by atoms with Crippen LogP contribution in [0.25, 0.3) is 10.2 Å². The van der Waals surface area contributed by atoms with E-state index in [0.29, 0.717) is 10.2 Å². The number of carbonyl (C=O) groups is 2. The van der Waals surface area contributed by atoms with Crippen LogP contribution in [0.5, 0.6) is 0 Å². The van der Waals surface area contributed by atoms with Crippen molar-refractivity contribution in [3.05, 3.63) is 29.0 Å². The molecular weight excluding hydrogens is 357 g/mol. The van der Waals surface area contributed by atoms with Gasteiger partial charge in [0.1, 0.15) is 16.8 Å². The molecule has 0 spiro atoms. The van der Waals surface area contributed by atoms with E-state index in [1.54, 1.807) is 5.32 Å². The number of carbonyl (C=O) groups excluding carboxylic acids is 2. The van der Waals surface area contributed by atoms with E-state index in [2.05, 4.69) is 10.3 Å². The molecule has 0 aliphatic carbocycles. The van der Waals surface area contributed by atoms with E-state index in [-0.39, 0.29) is 5.01 Å². The molecule has 0 aliphatic heterocycles. The summed E-state index contributed by atoms with van der Waals surface area (Å²) in [6.07, 6.45) is -2.21. The number of amides is 2. The first-order valence-corrected chi connectivity index (χ1v) is 8.51. The Morgan fingerprint density at radius 1 is 1.31 bits per heavy atom. The molecule has 0 aliphatic rings. The van der Waals surface area contributed by atoms with Gasteiger partial charge < -0.3 is 15.4 Å². The monoisotopic (exact) mass is 389 g/mol. The van der Waals surface area contributed by atoms with Crippen molar-refractivity contribution >= 4 is 33.6 Å². The Morgan fingerprint density at radius 3 is 2.69 bits per heavy atom. The van der Waals surface area contributed by atoms with E-state index in [0.717, 1.165) is 11.3 Å². The van der Waals surface area contributed by atoms with E-state index >= 15 is 0 Å². The van der Waals surface area contributed by atoms with E-state index < -0.39 is 55.6 Å². The van der Waals surface area contributed by atoms with Crippen molar-refractivity contribution in [1.29, 1.82) is 0 Å². The molecule has 142 valence electrons. The molecule has 2 amide bonds. The highest BCUT2D eigenvalue weighted by molar-refractivity contribution is 7.18. The first kappa shape index (κ1) is 11.5. The molecule has 2 aromatic rings. The first-order chi connectivity index (χ1) is 15.3. The SMILES string of the molecule is [2H]C([2H])([2H])C([2H])(C([2H])([2H])[2H])C([2H])(NC(=O)OC(C)C)C(=O)N[C@H](C)c1nc2ccc(F)cc2s1. The zero-order chi connectivity index (χ0) is 26.3. The van der Waals surface area contributed by atoms with Gasteiger partial charge in [-0.25, -0.2) is 14.2 Å². The van der Waals surface area contributed by atoms with Crippen LogP contribution in [0.1, 0.15) is 56.5 Å². The Labute approximate surface area is 167 Å². The van der Waals surface area contributed by atoms with Crippen molar-refractivity contribution in [3.8, 4) is 0 Å². The van der Waals surface area contributed by atoms with Gasteiger partial charge in [-0.3, -0.25) is 4.79 Å². The van der Waals surface area contributed by atoms with E-state index in [1.165, 1.54) is 39.0 Å². The van der Waals surface area contributed by atoms with Crippen LogP contribution >= 0.6 is 11.3 Å². The standard InChI is InChI=1S/C18H24FN3O3S/c1-9(2)15(22-18(24)25-10(3)4)16(23)20-11(5)17-21-13-7-6-12(19)8-14(13)26-17/h6-11,15H,1-5H3,(H,20,23)(H,22,24)/t11-,15?/m1/s1/i1D3,2D3,9D,15D. The minimum absolute atomic E-state index is 0.236. The third-order valence-electron chi connectivity index (χ3n) is 3.13. The summed E-state index contributed by atoms with van der Waals surface area (Å²) in [5, 5.41) is 4.18. The van der Waals surface area contributed by atoms with Crippen LogP contribution in [-0.4, -0.2) is 29.1 Å². The minimum Gasteiger partial charge on any atom is -0.447 e. The molecule has 1 heterocycles. The number of aromatic nitrogens is 1. The lowest BCUT2D eigenvalue weighted by Crippen LogP contribution is -2.50. The second kappa shape index (κ2) is 8.44. The van der Waals surface area contributed by atoms with Crippen LogP contribution in [0.4, 0.5) is 9.18 Å². The highest BCUT2D eigenvalue weighted by atomic mass is 32.1. The number of halogens is 1. The highest BCUT2D eigenvalue weighted by Crippen LogP contribution is 2.27. The normalized spacial score (nSPS) is 20.8. The smallest absolute Gasteiger partial charge is 0.408 e. The Bertz CT molecular complexity index is 1060. The van der Waals surface area contributed by atoms with Crippen molar-refractivity contribution in [2.75, 3.05) is 0 Å². The summed E-state index contributed by atoms with van der Waals surface area (Å²) >= 11 is 1.00. The predicted molar refractivity (Wildman–Crippen MR) is 99.5 cm³/mol. The van der Waals surface area contributed by atoms with Gasteiger partial charge in [0.15, 0.2) is 0 Å². The van der Waals surface area contributed by atoms with E-state index in [9.17, 15) is 14.0 Å². The van der Waals surface area contributed by atoms with Crippen molar-refractivity contribution in [3.63, 3.8) is 0 Å². The largest absolute Gasteiger partial charge is 0.447 e. The second-order valence-corrected chi connectivity index (χ2v) is 6.75.